The Bertz CT molecular complexity index is 266. The van der Waals surface area contributed by atoms with Crippen molar-refractivity contribution in [3.8, 4) is 0 Å². The van der Waals surface area contributed by atoms with Gasteiger partial charge in [-0.15, -0.1) is 0 Å². The van der Waals surface area contributed by atoms with Gasteiger partial charge in [0.05, 0.1) is 0 Å². The first-order valence-electron chi connectivity index (χ1n) is 4.22. The second kappa shape index (κ2) is 3.51. The molecule has 0 radical (unpaired) electrons. The van der Waals surface area contributed by atoms with E-state index in [1.54, 1.807) is 0 Å². The smallest absolute Gasteiger partial charge is 0.322 e. The Kier molecular flexibility index (Phi) is 2.73. The number of nitrogens with one attached hydrogen (secondary N) is 2. The number of carbonyl (C=O) groups is 2. The first kappa shape index (κ1) is 10.9. The van der Waals surface area contributed by atoms with Crippen LogP contribution in [-0.2, 0) is 4.79 Å². The van der Waals surface area contributed by atoms with E-state index in [4.69, 9.17) is 0 Å². The number of rotatable bonds is 3. The largest absolute Gasteiger partial charge is 0.325 e. The highest BCUT2D eigenvalue weighted by Gasteiger charge is 2.42. The Labute approximate surface area is 80.0 Å². The Morgan fingerprint density at radius 1 is 1.43 bits per heavy atom. The SMILES string of the molecule is CC(C)(CC(F)F)C1NC(=O)NC1=O. The predicted molar refractivity (Wildman–Crippen MR) is 44.9 cm³/mol. The average Bonchev–Trinajstić information content (AvgIpc) is 2.27. The van der Waals surface area contributed by atoms with Gasteiger partial charge in [-0.2, -0.15) is 0 Å². The summed E-state index contributed by atoms with van der Waals surface area (Å²) in [6, 6.07) is -1.49. The number of hydrogen-bond donors (Lipinski definition) is 2. The van der Waals surface area contributed by atoms with E-state index in [1.165, 1.54) is 13.8 Å². The Hall–Kier alpha value is -1.20. The van der Waals surface area contributed by atoms with Crippen molar-refractivity contribution in [1.82, 2.24) is 10.6 Å². The zero-order valence-corrected chi connectivity index (χ0v) is 7.93. The summed E-state index contributed by atoms with van der Waals surface area (Å²) >= 11 is 0. The highest BCUT2D eigenvalue weighted by molar-refractivity contribution is 6.04. The van der Waals surface area contributed by atoms with Gasteiger partial charge in [0, 0.05) is 6.42 Å². The maximum atomic E-state index is 12.2. The molecule has 80 valence electrons. The van der Waals surface area contributed by atoms with E-state index >= 15 is 0 Å². The Morgan fingerprint density at radius 3 is 2.36 bits per heavy atom. The summed E-state index contributed by atoms with van der Waals surface area (Å²) in [5.41, 5.74) is -0.940. The van der Waals surface area contributed by atoms with E-state index in [-0.39, 0.29) is 0 Å². The summed E-state index contributed by atoms with van der Waals surface area (Å²) < 4.78 is 24.3. The van der Waals surface area contributed by atoms with E-state index in [0.29, 0.717) is 0 Å². The number of urea groups is 1. The molecule has 14 heavy (non-hydrogen) atoms. The molecule has 3 amide bonds. The van der Waals surface area contributed by atoms with Crippen molar-refractivity contribution in [2.75, 3.05) is 0 Å². The quantitative estimate of drug-likeness (QED) is 0.673. The average molecular weight is 206 g/mol. The Morgan fingerprint density at radius 2 is 2.00 bits per heavy atom. The molecular weight excluding hydrogens is 194 g/mol. The molecule has 0 aromatic rings. The molecule has 1 fully saturated rings. The van der Waals surface area contributed by atoms with Gasteiger partial charge >= 0.3 is 6.03 Å². The van der Waals surface area contributed by atoms with Crippen LogP contribution in [0.15, 0.2) is 0 Å². The number of alkyl halides is 2. The third-order valence-corrected chi connectivity index (χ3v) is 2.24. The number of halogens is 2. The van der Waals surface area contributed by atoms with Crippen LogP contribution in [0.2, 0.25) is 0 Å². The van der Waals surface area contributed by atoms with Crippen LogP contribution in [0, 0.1) is 5.41 Å². The molecule has 1 aliphatic heterocycles. The van der Waals surface area contributed by atoms with Crippen molar-refractivity contribution in [2.45, 2.75) is 32.7 Å². The number of hydrogen-bond acceptors (Lipinski definition) is 2. The summed E-state index contributed by atoms with van der Waals surface area (Å²) in [5.74, 6) is -0.541. The second-order valence-electron chi connectivity index (χ2n) is 3.98. The number of amides is 3. The zero-order valence-electron chi connectivity index (χ0n) is 7.93. The molecule has 1 saturated heterocycles. The molecule has 1 heterocycles. The van der Waals surface area contributed by atoms with Crippen molar-refractivity contribution in [3.63, 3.8) is 0 Å². The van der Waals surface area contributed by atoms with Crippen LogP contribution in [0.25, 0.3) is 0 Å². The molecule has 1 atom stereocenters. The lowest BCUT2D eigenvalue weighted by Gasteiger charge is -2.28. The van der Waals surface area contributed by atoms with Gasteiger partial charge in [0.25, 0.3) is 5.91 Å². The fourth-order valence-electron chi connectivity index (χ4n) is 1.48. The third kappa shape index (κ3) is 2.18. The molecule has 1 rings (SSSR count). The van der Waals surface area contributed by atoms with Gasteiger partial charge in [-0.05, 0) is 5.41 Å². The molecule has 1 unspecified atom stereocenters. The van der Waals surface area contributed by atoms with Crippen LogP contribution in [0.3, 0.4) is 0 Å². The monoisotopic (exact) mass is 206 g/mol. The van der Waals surface area contributed by atoms with Gasteiger partial charge in [-0.25, -0.2) is 13.6 Å². The third-order valence-electron chi connectivity index (χ3n) is 2.24. The van der Waals surface area contributed by atoms with Gasteiger partial charge in [0.1, 0.15) is 6.04 Å². The number of imide groups is 1. The van der Waals surface area contributed by atoms with Crippen molar-refractivity contribution in [1.29, 1.82) is 0 Å². The van der Waals surface area contributed by atoms with Crippen LogP contribution in [0.1, 0.15) is 20.3 Å². The molecule has 6 heteroatoms. The first-order chi connectivity index (χ1) is 6.33. The minimum atomic E-state index is -2.49. The van der Waals surface area contributed by atoms with Crippen molar-refractivity contribution in [2.24, 2.45) is 5.41 Å². The molecule has 0 aromatic carbocycles. The normalized spacial score (nSPS) is 22.5. The molecule has 0 bridgehead atoms. The summed E-state index contributed by atoms with van der Waals surface area (Å²) in [4.78, 5) is 21.9. The first-order valence-corrected chi connectivity index (χ1v) is 4.22. The molecule has 4 nitrogen and oxygen atoms in total. The van der Waals surface area contributed by atoms with Crippen LogP contribution in [0.5, 0.6) is 0 Å². The molecule has 1 aliphatic rings. The number of carbonyl (C=O) groups excluding carboxylic acids is 2. The highest BCUT2D eigenvalue weighted by atomic mass is 19.3. The lowest BCUT2D eigenvalue weighted by molar-refractivity contribution is -0.123. The minimum Gasteiger partial charge on any atom is -0.325 e. The van der Waals surface area contributed by atoms with Crippen LogP contribution >= 0.6 is 0 Å². The van der Waals surface area contributed by atoms with Crippen LogP contribution < -0.4 is 10.6 Å². The second-order valence-corrected chi connectivity index (χ2v) is 3.98. The molecule has 0 aromatic heterocycles. The van der Waals surface area contributed by atoms with E-state index in [0.717, 1.165) is 0 Å². The van der Waals surface area contributed by atoms with Crippen molar-refractivity contribution in [3.05, 3.63) is 0 Å². The van der Waals surface area contributed by atoms with E-state index in [2.05, 4.69) is 5.32 Å². The van der Waals surface area contributed by atoms with Gasteiger partial charge in [-0.3, -0.25) is 10.1 Å². The van der Waals surface area contributed by atoms with Crippen molar-refractivity contribution < 1.29 is 18.4 Å². The zero-order chi connectivity index (χ0) is 10.9. The minimum absolute atomic E-state index is 0.425. The van der Waals surface area contributed by atoms with E-state index < -0.39 is 36.2 Å². The lowest BCUT2D eigenvalue weighted by Crippen LogP contribution is -2.43. The van der Waals surface area contributed by atoms with E-state index in [9.17, 15) is 18.4 Å². The topological polar surface area (TPSA) is 58.2 Å². The fraction of sp³-hybridized carbons (Fsp3) is 0.750. The summed E-state index contributed by atoms with van der Waals surface area (Å²) in [6.07, 6.45) is -2.92. The maximum Gasteiger partial charge on any atom is 0.322 e. The van der Waals surface area contributed by atoms with Gasteiger partial charge < -0.3 is 5.32 Å². The van der Waals surface area contributed by atoms with E-state index in [1.807, 2.05) is 5.32 Å². The molecular formula is C8H12F2N2O2. The van der Waals surface area contributed by atoms with Gasteiger partial charge in [0.2, 0.25) is 6.43 Å². The van der Waals surface area contributed by atoms with Crippen LogP contribution in [-0.4, -0.2) is 24.4 Å². The predicted octanol–water partition coefficient (Wildman–Crippen LogP) is 0.876. The fourth-order valence-corrected chi connectivity index (χ4v) is 1.48. The molecule has 2 N–H and O–H groups in total. The highest BCUT2D eigenvalue weighted by Crippen LogP contribution is 2.30. The standard InChI is InChI=1S/C8H12F2N2O2/c1-8(2,3-4(9)10)5-6(13)12-7(14)11-5/h4-5H,3H2,1-2H3,(H2,11,12,13,14). The maximum absolute atomic E-state index is 12.2. The molecule has 0 spiro atoms. The Balaban J connectivity index is 2.72. The summed E-state index contributed by atoms with van der Waals surface area (Å²) in [5, 5.41) is 4.33. The molecule has 0 aliphatic carbocycles. The van der Waals surface area contributed by atoms with Crippen LogP contribution in [0.4, 0.5) is 13.6 Å². The summed E-state index contributed by atoms with van der Waals surface area (Å²) in [6.45, 7) is 3.05. The summed E-state index contributed by atoms with van der Waals surface area (Å²) in [7, 11) is 0. The lowest BCUT2D eigenvalue weighted by atomic mass is 9.81. The molecule has 0 saturated carbocycles. The van der Waals surface area contributed by atoms with Crippen molar-refractivity contribution >= 4 is 11.9 Å². The van der Waals surface area contributed by atoms with Gasteiger partial charge in [-0.1, -0.05) is 13.8 Å². The van der Waals surface area contributed by atoms with Gasteiger partial charge in [0.15, 0.2) is 0 Å².